The van der Waals surface area contributed by atoms with Gasteiger partial charge in [0.1, 0.15) is 5.75 Å². The number of carbonyl (C=O) groups is 1. The quantitative estimate of drug-likeness (QED) is 0.845. The minimum atomic E-state index is -5.10. The SMILES string of the molecule is COc1cccc(C2=NN(C(=O)c3ccc(N(C)C)cc3)[C@](O)(C(F)(F)F)C2)c1. The molecule has 0 bridgehead atoms. The summed E-state index contributed by atoms with van der Waals surface area (Å²) >= 11 is 0. The number of amides is 1. The average molecular weight is 407 g/mol. The third-order valence-corrected chi connectivity index (χ3v) is 4.67. The van der Waals surface area contributed by atoms with Crippen LogP contribution in [0, 0.1) is 0 Å². The number of hydrogen-bond donors (Lipinski definition) is 1. The minimum absolute atomic E-state index is 0.0195. The highest BCUT2D eigenvalue weighted by molar-refractivity contribution is 6.05. The number of carbonyl (C=O) groups excluding carboxylic acids is 1. The highest BCUT2D eigenvalue weighted by Gasteiger charge is 2.63. The van der Waals surface area contributed by atoms with Gasteiger partial charge < -0.3 is 14.7 Å². The molecular formula is C20H20F3N3O3. The number of aliphatic hydroxyl groups is 1. The van der Waals surface area contributed by atoms with Crippen molar-refractivity contribution >= 4 is 17.3 Å². The van der Waals surface area contributed by atoms with E-state index in [-0.39, 0.29) is 16.3 Å². The molecule has 1 heterocycles. The summed E-state index contributed by atoms with van der Waals surface area (Å²) in [5.41, 5.74) is -2.43. The van der Waals surface area contributed by atoms with Gasteiger partial charge in [-0.3, -0.25) is 4.79 Å². The van der Waals surface area contributed by atoms with Gasteiger partial charge in [-0.1, -0.05) is 12.1 Å². The maximum atomic E-state index is 13.7. The van der Waals surface area contributed by atoms with E-state index in [0.29, 0.717) is 11.3 Å². The highest BCUT2D eigenvalue weighted by Crippen LogP contribution is 2.42. The minimum Gasteiger partial charge on any atom is -0.497 e. The molecule has 0 unspecified atom stereocenters. The molecule has 0 aliphatic carbocycles. The zero-order chi connectivity index (χ0) is 21.4. The van der Waals surface area contributed by atoms with Crippen molar-refractivity contribution in [1.29, 1.82) is 0 Å². The van der Waals surface area contributed by atoms with Crippen LogP contribution in [0.2, 0.25) is 0 Å². The Hall–Kier alpha value is -3.07. The molecule has 3 rings (SSSR count). The third kappa shape index (κ3) is 3.77. The van der Waals surface area contributed by atoms with Crippen LogP contribution in [0.5, 0.6) is 5.75 Å². The van der Waals surface area contributed by atoms with Gasteiger partial charge in [-0.2, -0.15) is 23.3 Å². The number of ether oxygens (including phenoxy) is 1. The van der Waals surface area contributed by atoms with E-state index in [0.717, 1.165) is 5.69 Å². The first-order valence-electron chi connectivity index (χ1n) is 8.70. The van der Waals surface area contributed by atoms with Crippen molar-refractivity contribution in [2.24, 2.45) is 5.10 Å². The van der Waals surface area contributed by atoms with Gasteiger partial charge >= 0.3 is 6.18 Å². The van der Waals surface area contributed by atoms with Crippen LogP contribution >= 0.6 is 0 Å². The predicted octanol–water partition coefficient (Wildman–Crippen LogP) is 3.26. The van der Waals surface area contributed by atoms with Crippen molar-refractivity contribution in [1.82, 2.24) is 5.01 Å². The lowest BCUT2D eigenvalue weighted by molar-refractivity contribution is -0.297. The number of methoxy groups -OCH3 is 1. The van der Waals surface area contributed by atoms with Gasteiger partial charge in [-0.15, -0.1) is 0 Å². The molecule has 0 radical (unpaired) electrons. The first kappa shape index (κ1) is 20.7. The average Bonchev–Trinajstić information content (AvgIpc) is 3.06. The molecule has 0 saturated heterocycles. The first-order valence-corrected chi connectivity index (χ1v) is 8.70. The predicted molar refractivity (Wildman–Crippen MR) is 102 cm³/mol. The van der Waals surface area contributed by atoms with Crippen LogP contribution in [-0.2, 0) is 0 Å². The number of anilines is 1. The standard InChI is InChI=1S/C20H20F3N3O3/c1-25(2)15-9-7-13(8-10-15)18(27)26-19(28,20(21,22)23)12-17(24-26)14-5-4-6-16(11-14)29-3/h4-11,28H,12H2,1-3H3/t19-/m1/s1. The second-order valence-electron chi connectivity index (χ2n) is 6.83. The summed E-state index contributed by atoms with van der Waals surface area (Å²) < 4.78 is 46.3. The number of alkyl halides is 3. The molecule has 1 N–H and O–H groups in total. The van der Waals surface area contributed by atoms with Crippen molar-refractivity contribution in [2.45, 2.75) is 18.3 Å². The van der Waals surface area contributed by atoms with E-state index in [9.17, 15) is 23.1 Å². The van der Waals surface area contributed by atoms with Crippen molar-refractivity contribution in [3.05, 3.63) is 59.7 Å². The van der Waals surface area contributed by atoms with Crippen LogP contribution in [-0.4, -0.2) is 54.8 Å². The van der Waals surface area contributed by atoms with Gasteiger partial charge in [0.25, 0.3) is 11.6 Å². The molecule has 0 aromatic heterocycles. The summed E-state index contributed by atoms with van der Waals surface area (Å²) in [6, 6.07) is 12.2. The van der Waals surface area contributed by atoms with E-state index in [1.54, 1.807) is 43.3 Å². The van der Waals surface area contributed by atoms with Gasteiger partial charge in [0, 0.05) is 30.9 Å². The van der Waals surface area contributed by atoms with Crippen molar-refractivity contribution in [2.75, 3.05) is 26.1 Å². The van der Waals surface area contributed by atoms with E-state index < -0.39 is 24.2 Å². The second kappa shape index (κ2) is 7.40. The van der Waals surface area contributed by atoms with Gasteiger partial charge in [-0.25, -0.2) is 0 Å². The van der Waals surface area contributed by atoms with Crippen LogP contribution in [0.15, 0.2) is 53.6 Å². The van der Waals surface area contributed by atoms with Crippen molar-refractivity contribution in [3.8, 4) is 5.75 Å². The number of benzene rings is 2. The molecule has 0 fully saturated rings. The highest BCUT2D eigenvalue weighted by atomic mass is 19.4. The van der Waals surface area contributed by atoms with Crippen LogP contribution in [0.3, 0.4) is 0 Å². The topological polar surface area (TPSA) is 65.4 Å². The fraction of sp³-hybridized carbons (Fsp3) is 0.300. The largest absolute Gasteiger partial charge is 0.497 e. The van der Waals surface area contributed by atoms with Crippen LogP contribution < -0.4 is 9.64 Å². The Morgan fingerprint density at radius 3 is 2.41 bits per heavy atom. The number of rotatable bonds is 4. The number of hydrogen-bond acceptors (Lipinski definition) is 5. The van der Waals surface area contributed by atoms with E-state index >= 15 is 0 Å². The van der Waals surface area contributed by atoms with Crippen molar-refractivity contribution in [3.63, 3.8) is 0 Å². The fourth-order valence-corrected chi connectivity index (χ4v) is 2.97. The lowest BCUT2D eigenvalue weighted by Gasteiger charge is -2.32. The normalized spacial score (nSPS) is 19.1. The zero-order valence-corrected chi connectivity index (χ0v) is 16.1. The Bertz CT molecular complexity index is 942. The van der Waals surface area contributed by atoms with E-state index in [4.69, 9.17) is 4.74 Å². The molecule has 0 saturated carbocycles. The summed E-state index contributed by atoms with van der Waals surface area (Å²) in [7, 11) is 5.02. The Labute approximate surface area is 165 Å². The van der Waals surface area contributed by atoms with Gasteiger partial charge in [0.2, 0.25) is 0 Å². The molecule has 1 aliphatic heterocycles. The lowest BCUT2D eigenvalue weighted by Crippen LogP contribution is -2.56. The fourth-order valence-electron chi connectivity index (χ4n) is 2.97. The smallest absolute Gasteiger partial charge is 0.438 e. The Morgan fingerprint density at radius 2 is 1.86 bits per heavy atom. The summed E-state index contributed by atoms with van der Waals surface area (Å²) in [5.74, 6) is -0.627. The second-order valence-corrected chi connectivity index (χ2v) is 6.83. The molecular weight excluding hydrogens is 387 g/mol. The molecule has 1 amide bonds. The summed E-state index contributed by atoms with van der Waals surface area (Å²) in [6.07, 6.45) is -5.98. The van der Waals surface area contributed by atoms with Gasteiger partial charge in [0.15, 0.2) is 0 Å². The molecule has 6 nitrogen and oxygen atoms in total. The monoisotopic (exact) mass is 407 g/mol. The number of halogens is 3. The molecule has 1 aliphatic rings. The molecule has 0 spiro atoms. The zero-order valence-electron chi connectivity index (χ0n) is 16.1. The summed E-state index contributed by atoms with van der Waals surface area (Å²) in [6.45, 7) is 0. The molecule has 1 atom stereocenters. The maximum Gasteiger partial charge on any atom is 0.438 e. The Kier molecular flexibility index (Phi) is 5.27. The molecule has 154 valence electrons. The summed E-state index contributed by atoms with van der Waals surface area (Å²) in [4.78, 5) is 14.6. The van der Waals surface area contributed by atoms with E-state index in [1.165, 1.54) is 31.4 Å². The van der Waals surface area contributed by atoms with Crippen LogP contribution in [0.25, 0.3) is 0 Å². The van der Waals surface area contributed by atoms with E-state index in [1.807, 2.05) is 0 Å². The third-order valence-electron chi connectivity index (χ3n) is 4.67. The maximum absolute atomic E-state index is 13.7. The molecule has 2 aromatic carbocycles. The van der Waals surface area contributed by atoms with Gasteiger partial charge in [-0.05, 0) is 36.4 Å². The van der Waals surface area contributed by atoms with Crippen molar-refractivity contribution < 1.29 is 27.8 Å². The Morgan fingerprint density at radius 1 is 1.21 bits per heavy atom. The number of nitrogens with zero attached hydrogens (tertiary/aromatic N) is 3. The molecule has 2 aromatic rings. The van der Waals surface area contributed by atoms with Crippen LogP contribution in [0.4, 0.5) is 18.9 Å². The number of hydrazone groups is 1. The molecule has 29 heavy (non-hydrogen) atoms. The van der Waals surface area contributed by atoms with E-state index in [2.05, 4.69) is 5.10 Å². The van der Waals surface area contributed by atoms with Crippen LogP contribution in [0.1, 0.15) is 22.3 Å². The Balaban J connectivity index is 2.01. The van der Waals surface area contributed by atoms with Gasteiger partial charge in [0.05, 0.1) is 19.2 Å². The first-order chi connectivity index (χ1) is 13.6. The molecule has 9 heteroatoms. The summed E-state index contributed by atoms with van der Waals surface area (Å²) in [5, 5.41) is 14.4. The lowest BCUT2D eigenvalue weighted by atomic mass is 10.0.